The van der Waals surface area contributed by atoms with E-state index in [-0.39, 0.29) is 17.8 Å². The van der Waals surface area contributed by atoms with Crippen molar-refractivity contribution in [3.8, 4) is 0 Å². The molecule has 6 heteroatoms. The number of hydrogen-bond acceptors (Lipinski definition) is 4. The van der Waals surface area contributed by atoms with Crippen molar-refractivity contribution in [1.29, 1.82) is 0 Å². The SMILES string of the molecule is CCNCCS(=O)(=O)N1CCC(O)C(C)C1. The highest BCUT2D eigenvalue weighted by molar-refractivity contribution is 7.89. The fourth-order valence-corrected chi connectivity index (χ4v) is 3.36. The minimum atomic E-state index is -3.15. The van der Waals surface area contributed by atoms with E-state index in [2.05, 4.69) is 5.32 Å². The van der Waals surface area contributed by atoms with Crippen LogP contribution in [0, 0.1) is 5.92 Å². The summed E-state index contributed by atoms with van der Waals surface area (Å²) in [5, 5.41) is 12.5. The van der Waals surface area contributed by atoms with Gasteiger partial charge in [-0.1, -0.05) is 13.8 Å². The second-order valence-corrected chi connectivity index (χ2v) is 6.45. The Balaban J connectivity index is 2.49. The number of sulfonamides is 1. The number of nitrogens with one attached hydrogen (secondary N) is 1. The van der Waals surface area contributed by atoms with Crippen LogP contribution in [-0.2, 0) is 10.0 Å². The van der Waals surface area contributed by atoms with Gasteiger partial charge < -0.3 is 10.4 Å². The summed E-state index contributed by atoms with van der Waals surface area (Å²) >= 11 is 0. The molecule has 0 aromatic rings. The van der Waals surface area contributed by atoms with Gasteiger partial charge in [0, 0.05) is 19.6 Å². The summed E-state index contributed by atoms with van der Waals surface area (Å²) in [6.07, 6.45) is 0.182. The Morgan fingerprint density at radius 1 is 1.50 bits per heavy atom. The molecule has 5 nitrogen and oxygen atoms in total. The third-order valence-corrected chi connectivity index (χ3v) is 4.84. The third kappa shape index (κ3) is 3.69. The average Bonchev–Trinajstić information content (AvgIpc) is 2.22. The fourth-order valence-electron chi connectivity index (χ4n) is 1.85. The molecule has 0 aromatic heterocycles. The van der Waals surface area contributed by atoms with Crippen molar-refractivity contribution in [1.82, 2.24) is 9.62 Å². The summed E-state index contributed by atoms with van der Waals surface area (Å²) in [4.78, 5) is 0. The predicted octanol–water partition coefficient (Wildman–Crippen LogP) is -0.372. The lowest BCUT2D eigenvalue weighted by atomic mass is 9.99. The van der Waals surface area contributed by atoms with Crippen molar-refractivity contribution < 1.29 is 13.5 Å². The average molecular weight is 250 g/mol. The van der Waals surface area contributed by atoms with E-state index in [1.807, 2.05) is 13.8 Å². The van der Waals surface area contributed by atoms with Crippen LogP contribution >= 0.6 is 0 Å². The first-order valence-electron chi connectivity index (χ1n) is 5.84. The Hall–Kier alpha value is -0.170. The molecule has 2 N–H and O–H groups in total. The molecule has 96 valence electrons. The fraction of sp³-hybridized carbons (Fsp3) is 1.00. The largest absolute Gasteiger partial charge is 0.393 e. The lowest BCUT2D eigenvalue weighted by Gasteiger charge is -2.33. The van der Waals surface area contributed by atoms with E-state index in [0.717, 1.165) is 6.54 Å². The van der Waals surface area contributed by atoms with Gasteiger partial charge in [0.2, 0.25) is 10.0 Å². The van der Waals surface area contributed by atoms with Crippen molar-refractivity contribution in [3.05, 3.63) is 0 Å². The lowest BCUT2D eigenvalue weighted by molar-refractivity contribution is 0.0629. The van der Waals surface area contributed by atoms with Crippen molar-refractivity contribution >= 4 is 10.0 Å². The van der Waals surface area contributed by atoms with Gasteiger partial charge in [0.1, 0.15) is 0 Å². The monoisotopic (exact) mass is 250 g/mol. The summed E-state index contributed by atoms with van der Waals surface area (Å²) < 4.78 is 25.3. The van der Waals surface area contributed by atoms with Crippen LogP contribution in [0.15, 0.2) is 0 Å². The third-order valence-electron chi connectivity index (χ3n) is 3.00. The summed E-state index contributed by atoms with van der Waals surface area (Å²) in [7, 11) is -3.15. The molecule has 1 saturated heterocycles. The number of aliphatic hydroxyl groups is 1. The van der Waals surface area contributed by atoms with Gasteiger partial charge in [-0.3, -0.25) is 0 Å². The number of nitrogens with zero attached hydrogens (tertiary/aromatic N) is 1. The summed E-state index contributed by atoms with van der Waals surface area (Å²) in [6.45, 7) is 6.00. The molecule has 2 atom stereocenters. The molecule has 1 rings (SSSR count). The van der Waals surface area contributed by atoms with Gasteiger partial charge in [0.25, 0.3) is 0 Å². The second kappa shape index (κ2) is 5.95. The second-order valence-electron chi connectivity index (χ2n) is 4.36. The molecule has 0 bridgehead atoms. The van der Waals surface area contributed by atoms with Crippen LogP contribution in [0.25, 0.3) is 0 Å². The number of piperidine rings is 1. The zero-order valence-corrected chi connectivity index (χ0v) is 10.8. The smallest absolute Gasteiger partial charge is 0.215 e. The summed E-state index contributed by atoms with van der Waals surface area (Å²) in [5.41, 5.74) is 0. The van der Waals surface area contributed by atoms with Crippen molar-refractivity contribution in [3.63, 3.8) is 0 Å². The van der Waals surface area contributed by atoms with Gasteiger partial charge in [-0.25, -0.2) is 12.7 Å². The van der Waals surface area contributed by atoms with Gasteiger partial charge in [-0.2, -0.15) is 0 Å². The molecule has 0 aliphatic carbocycles. The number of rotatable bonds is 5. The van der Waals surface area contributed by atoms with Crippen LogP contribution in [-0.4, -0.2) is 55.9 Å². The summed E-state index contributed by atoms with van der Waals surface area (Å²) in [5.74, 6) is 0.173. The lowest BCUT2D eigenvalue weighted by Crippen LogP contribution is -2.46. The molecule has 1 aliphatic rings. The van der Waals surface area contributed by atoms with E-state index in [1.165, 1.54) is 4.31 Å². The van der Waals surface area contributed by atoms with Crippen molar-refractivity contribution in [2.24, 2.45) is 5.92 Å². The maximum absolute atomic E-state index is 11.9. The molecule has 1 heterocycles. The molecular weight excluding hydrogens is 228 g/mol. The minimum absolute atomic E-state index is 0.0302. The number of hydrogen-bond donors (Lipinski definition) is 2. The van der Waals surface area contributed by atoms with Gasteiger partial charge >= 0.3 is 0 Å². The van der Waals surface area contributed by atoms with Crippen LogP contribution < -0.4 is 5.32 Å². The van der Waals surface area contributed by atoms with E-state index in [9.17, 15) is 13.5 Å². The van der Waals surface area contributed by atoms with E-state index >= 15 is 0 Å². The van der Waals surface area contributed by atoms with E-state index in [4.69, 9.17) is 0 Å². The van der Waals surface area contributed by atoms with Gasteiger partial charge in [-0.15, -0.1) is 0 Å². The first-order valence-corrected chi connectivity index (χ1v) is 7.45. The van der Waals surface area contributed by atoms with Gasteiger partial charge in [-0.05, 0) is 18.9 Å². The van der Waals surface area contributed by atoms with Crippen molar-refractivity contribution in [2.75, 3.05) is 31.9 Å². The molecule has 2 unspecified atom stereocenters. The minimum Gasteiger partial charge on any atom is -0.393 e. The molecule has 1 fully saturated rings. The van der Waals surface area contributed by atoms with Crippen LogP contribution in [0.5, 0.6) is 0 Å². The molecule has 0 saturated carbocycles. The quantitative estimate of drug-likeness (QED) is 0.653. The maximum atomic E-state index is 11.9. The Kier molecular flexibility index (Phi) is 5.17. The van der Waals surface area contributed by atoms with Crippen molar-refractivity contribution in [2.45, 2.75) is 26.4 Å². The van der Waals surface area contributed by atoms with Gasteiger partial charge in [0.05, 0.1) is 11.9 Å². The molecule has 0 amide bonds. The predicted molar refractivity (Wildman–Crippen MR) is 63.7 cm³/mol. The molecule has 1 aliphatic heterocycles. The molecule has 0 spiro atoms. The highest BCUT2D eigenvalue weighted by atomic mass is 32.2. The van der Waals surface area contributed by atoms with Gasteiger partial charge in [0.15, 0.2) is 0 Å². The Bertz CT molecular complexity index is 305. The molecule has 16 heavy (non-hydrogen) atoms. The Morgan fingerprint density at radius 2 is 2.19 bits per heavy atom. The van der Waals surface area contributed by atoms with E-state index in [0.29, 0.717) is 26.1 Å². The van der Waals surface area contributed by atoms with Crippen LogP contribution in [0.4, 0.5) is 0 Å². The first kappa shape index (κ1) is 13.9. The van der Waals surface area contributed by atoms with E-state index < -0.39 is 10.0 Å². The highest BCUT2D eigenvalue weighted by Gasteiger charge is 2.30. The Labute approximate surface area is 97.9 Å². The normalized spacial score (nSPS) is 28.2. The Morgan fingerprint density at radius 3 is 2.75 bits per heavy atom. The molecule has 0 radical (unpaired) electrons. The van der Waals surface area contributed by atoms with Crippen LogP contribution in [0.1, 0.15) is 20.3 Å². The zero-order valence-electron chi connectivity index (χ0n) is 10.0. The first-order chi connectivity index (χ1) is 7.47. The molecule has 0 aromatic carbocycles. The van der Waals surface area contributed by atoms with Crippen LogP contribution in [0.3, 0.4) is 0 Å². The van der Waals surface area contributed by atoms with E-state index in [1.54, 1.807) is 0 Å². The maximum Gasteiger partial charge on any atom is 0.215 e. The van der Waals surface area contributed by atoms with Crippen LogP contribution in [0.2, 0.25) is 0 Å². The summed E-state index contributed by atoms with van der Waals surface area (Å²) in [6, 6.07) is 0. The molecular formula is C10H22N2O3S. The standard InChI is InChI=1S/C10H22N2O3S/c1-3-11-5-7-16(14,15)12-6-4-10(13)9(2)8-12/h9-11,13H,3-8H2,1-2H3. The topological polar surface area (TPSA) is 69.6 Å². The highest BCUT2D eigenvalue weighted by Crippen LogP contribution is 2.19. The number of aliphatic hydroxyl groups excluding tert-OH is 1. The zero-order chi connectivity index (χ0) is 12.2.